The number of halogens is 3. The molecule has 1 saturated heterocycles. The quantitative estimate of drug-likeness (QED) is 0.245. The summed E-state index contributed by atoms with van der Waals surface area (Å²) in [5.74, 6) is 0. The van der Waals surface area contributed by atoms with Crippen molar-refractivity contribution in [2.75, 3.05) is 49.1 Å². The maximum Gasteiger partial charge on any atom is 0.416 e. The van der Waals surface area contributed by atoms with Gasteiger partial charge in [-0.1, -0.05) is 54.2 Å². The van der Waals surface area contributed by atoms with Gasteiger partial charge in [-0.05, 0) is 43.3 Å². The molecule has 4 aromatic rings. The number of hydrogen-bond acceptors (Lipinski definition) is 6. The topological polar surface area (TPSA) is 22.6 Å². The van der Waals surface area contributed by atoms with Gasteiger partial charge in [-0.15, -0.1) is 11.3 Å². The van der Waals surface area contributed by atoms with E-state index < -0.39 is 11.7 Å². The molecule has 9 heteroatoms. The molecule has 6 rings (SSSR count). The smallest absolute Gasteiger partial charge is 0.346 e. The standard InChI is InChI=1S/C29H27F3N4S2/c30-29(31,32)22-11-12-27-25(19-22)36(24-9-4-5-10-26(24)38-27)14-6-13-34-15-17-35(18-16-34)28-33-23(20-37-28)21-7-2-1-3-8-21/h1-5,7-12,19-20H,6,13-18H2. The van der Waals surface area contributed by atoms with E-state index >= 15 is 0 Å². The number of hydrogen-bond donors (Lipinski definition) is 0. The van der Waals surface area contributed by atoms with Gasteiger partial charge >= 0.3 is 6.18 Å². The fourth-order valence-corrected chi connectivity index (χ4v) is 6.98. The highest BCUT2D eigenvalue weighted by molar-refractivity contribution is 7.99. The largest absolute Gasteiger partial charge is 0.416 e. The molecule has 0 bridgehead atoms. The number of nitrogens with zero attached hydrogens (tertiary/aromatic N) is 4. The van der Waals surface area contributed by atoms with Crippen LogP contribution in [-0.2, 0) is 6.18 Å². The van der Waals surface area contributed by atoms with Gasteiger partial charge in [-0.2, -0.15) is 13.2 Å². The number of benzene rings is 3. The molecule has 38 heavy (non-hydrogen) atoms. The molecule has 1 fully saturated rings. The summed E-state index contributed by atoms with van der Waals surface area (Å²) in [5.41, 5.74) is 3.17. The van der Waals surface area contributed by atoms with Crippen molar-refractivity contribution in [2.24, 2.45) is 0 Å². The van der Waals surface area contributed by atoms with Gasteiger partial charge in [0, 0.05) is 53.5 Å². The maximum absolute atomic E-state index is 13.5. The molecule has 3 aromatic carbocycles. The van der Waals surface area contributed by atoms with E-state index in [9.17, 15) is 13.2 Å². The maximum atomic E-state index is 13.5. The van der Waals surface area contributed by atoms with E-state index in [2.05, 4.69) is 32.2 Å². The van der Waals surface area contributed by atoms with Crippen LogP contribution in [0.3, 0.4) is 0 Å². The second-order valence-electron chi connectivity index (χ2n) is 9.47. The van der Waals surface area contributed by atoms with Crippen molar-refractivity contribution in [2.45, 2.75) is 22.4 Å². The summed E-state index contributed by atoms with van der Waals surface area (Å²) in [4.78, 5) is 13.7. The van der Waals surface area contributed by atoms with Crippen molar-refractivity contribution in [3.8, 4) is 11.3 Å². The molecule has 0 unspecified atom stereocenters. The molecule has 196 valence electrons. The highest BCUT2D eigenvalue weighted by atomic mass is 32.2. The Morgan fingerprint density at radius 1 is 0.789 bits per heavy atom. The Morgan fingerprint density at radius 3 is 2.32 bits per heavy atom. The van der Waals surface area contributed by atoms with Gasteiger partial charge in [-0.3, -0.25) is 4.90 Å². The molecule has 4 nitrogen and oxygen atoms in total. The zero-order valence-corrected chi connectivity index (χ0v) is 22.3. The third-order valence-corrected chi connectivity index (χ3v) is 9.05. The Labute approximate surface area is 228 Å². The van der Waals surface area contributed by atoms with Crippen LogP contribution in [0.5, 0.6) is 0 Å². The third-order valence-electron chi connectivity index (χ3n) is 7.01. The van der Waals surface area contributed by atoms with Gasteiger partial charge < -0.3 is 9.80 Å². The summed E-state index contributed by atoms with van der Waals surface area (Å²) in [6, 6.07) is 22.3. The Kier molecular flexibility index (Phi) is 7.07. The lowest BCUT2D eigenvalue weighted by Crippen LogP contribution is -2.47. The van der Waals surface area contributed by atoms with Crippen molar-refractivity contribution >= 4 is 39.6 Å². The molecule has 1 aromatic heterocycles. The first-order valence-electron chi connectivity index (χ1n) is 12.7. The molecule has 0 N–H and O–H groups in total. The van der Waals surface area contributed by atoms with Crippen LogP contribution in [-0.4, -0.2) is 49.2 Å². The SMILES string of the molecule is FC(F)(F)c1ccc2c(c1)N(CCCN1CCN(c3nc(-c4ccccc4)cs3)CC1)c1ccccc1S2. The summed E-state index contributed by atoms with van der Waals surface area (Å²) in [5, 5.41) is 3.18. The number of thiazole rings is 1. The third kappa shape index (κ3) is 5.28. The number of para-hydroxylation sites is 1. The first-order valence-corrected chi connectivity index (χ1v) is 14.4. The van der Waals surface area contributed by atoms with E-state index in [-0.39, 0.29) is 0 Å². The molecule has 0 spiro atoms. The van der Waals surface area contributed by atoms with Crippen LogP contribution in [0.15, 0.2) is 88.0 Å². The van der Waals surface area contributed by atoms with Crippen molar-refractivity contribution in [1.82, 2.24) is 9.88 Å². The lowest BCUT2D eigenvalue weighted by atomic mass is 10.1. The van der Waals surface area contributed by atoms with Crippen molar-refractivity contribution < 1.29 is 13.2 Å². The fraction of sp³-hybridized carbons (Fsp3) is 0.276. The number of piperazine rings is 1. The highest BCUT2D eigenvalue weighted by Gasteiger charge is 2.33. The molecule has 0 saturated carbocycles. The minimum Gasteiger partial charge on any atom is -0.346 e. The number of fused-ring (bicyclic) bond motifs is 2. The normalized spacial score (nSPS) is 15.9. The molecular weight excluding hydrogens is 525 g/mol. The zero-order chi connectivity index (χ0) is 26.1. The first-order chi connectivity index (χ1) is 18.5. The number of alkyl halides is 3. The van der Waals surface area contributed by atoms with Gasteiger partial charge in [0.05, 0.1) is 22.6 Å². The van der Waals surface area contributed by atoms with E-state index in [0.29, 0.717) is 12.2 Å². The second-order valence-corrected chi connectivity index (χ2v) is 11.4. The van der Waals surface area contributed by atoms with Gasteiger partial charge in [0.1, 0.15) is 0 Å². The number of aromatic nitrogens is 1. The van der Waals surface area contributed by atoms with Crippen LogP contribution in [0.2, 0.25) is 0 Å². The highest BCUT2D eigenvalue weighted by Crippen LogP contribution is 2.49. The Balaban J connectivity index is 1.08. The summed E-state index contributed by atoms with van der Waals surface area (Å²) >= 11 is 3.22. The molecule has 3 heterocycles. The first kappa shape index (κ1) is 25.3. The molecule has 2 aliphatic rings. The van der Waals surface area contributed by atoms with Crippen LogP contribution in [0.25, 0.3) is 11.3 Å². The molecule has 2 aliphatic heterocycles. The minimum absolute atomic E-state index is 0.602. The second kappa shape index (κ2) is 10.6. The van der Waals surface area contributed by atoms with E-state index in [0.717, 1.165) is 71.0 Å². The predicted octanol–water partition coefficient (Wildman–Crippen LogP) is 7.64. The van der Waals surface area contributed by atoms with Crippen LogP contribution >= 0.6 is 23.1 Å². The zero-order valence-electron chi connectivity index (χ0n) is 20.7. The summed E-state index contributed by atoms with van der Waals surface area (Å²) in [6.45, 7) is 5.30. The van der Waals surface area contributed by atoms with Crippen LogP contribution in [0.4, 0.5) is 29.7 Å². The average Bonchev–Trinajstić information content (AvgIpc) is 3.43. The number of anilines is 3. The lowest BCUT2D eigenvalue weighted by molar-refractivity contribution is -0.137. The number of rotatable bonds is 6. The van der Waals surface area contributed by atoms with Gasteiger partial charge in [-0.25, -0.2) is 4.98 Å². The van der Waals surface area contributed by atoms with Gasteiger partial charge in [0.15, 0.2) is 5.13 Å². The van der Waals surface area contributed by atoms with Crippen LogP contribution in [0, 0.1) is 0 Å². The van der Waals surface area contributed by atoms with Crippen LogP contribution < -0.4 is 9.80 Å². The van der Waals surface area contributed by atoms with Gasteiger partial charge in [0.2, 0.25) is 0 Å². The molecular formula is C29H27F3N4S2. The summed E-state index contributed by atoms with van der Waals surface area (Å²) < 4.78 is 40.4. The van der Waals surface area contributed by atoms with Crippen molar-refractivity contribution in [3.63, 3.8) is 0 Å². The van der Waals surface area contributed by atoms with Crippen molar-refractivity contribution in [3.05, 3.63) is 83.7 Å². The molecule has 0 atom stereocenters. The average molecular weight is 553 g/mol. The predicted molar refractivity (Wildman–Crippen MR) is 150 cm³/mol. The van der Waals surface area contributed by atoms with E-state index in [1.807, 2.05) is 42.5 Å². The summed E-state index contributed by atoms with van der Waals surface area (Å²) in [7, 11) is 0. The van der Waals surface area contributed by atoms with E-state index in [1.165, 1.54) is 23.9 Å². The molecule has 0 radical (unpaired) electrons. The minimum atomic E-state index is -4.36. The van der Waals surface area contributed by atoms with Gasteiger partial charge in [0.25, 0.3) is 0 Å². The monoisotopic (exact) mass is 552 g/mol. The molecule has 0 aliphatic carbocycles. The fourth-order valence-electron chi connectivity index (χ4n) is 5.01. The van der Waals surface area contributed by atoms with E-state index in [1.54, 1.807) is 17.4 Å². The summed E-state index contributed by atoms with van der Waals surface area (Å²) in [6.07, 6.45) is -3.49. The Bertz CT molecular complexity index is 1400. The van der Waals surface area contributed by atoms with Crippen molar-refractivity contribution in [1.29, 1.82) is 0 Å². The van der Waals surface area contributed by atoms with Crippen LogP contribution in [0.1, 0.15) is 12.0 Å². The Morgan fingerprint density at radius 2 is 1.53 bits per heavy atom. The van der Waals surface area contributed by atoms with E-state index in [4.69, 9.17) is 4.98 Å². The molecule has 0 amide bonds. The Hall–Kier alpha value is -3.01. The lowest BCUT2D eigenvalue weighted by Gasteiger charge is -2.36.